The van der Waals surface area contributed by atoms with Gasteiger partial charge >= 0.3 is 0 Å². The smallest absolute Gasteiger partial charge is 0.246 e. The maximum Gasteiger partial charge on any atom is 0.246 e. The first kappa shape index (κ1) is 15.4. The molecule has 1 aromatic carbocycles. The number of benzene rings is 1. The molecule has 0 spiro atoms. The zero-order chi connectivity index (χ0) is 15.9. The summed E-state index contributed by atoms with van der Waals surface area (Å²) in [5, 5.41) is 4.22. The number of hydrazone groups is 1. The normalized spacial score (nSPS) is 35.4. The lowest BCUT2D eigenvalue weighted by molar-refractivity contribution is -0.138. The summed E-state index contributed by atoms with van der Waals surface area (Å²) < 4.78 is 1.04. The van der Waals surface area contributed by atoms with Crippen LogP contribution in [-0.4, -0.2) is 12.1 Å². The molecule has 4 fully saturated rings. The van der Waals surface area contributed by atoms with Crippen molar-refractivity contribution in [2.45, 2.75) is 44.9 Å². The van der Waals surface area contributed by atoms with E-state index in [0.717, 1.165) is 47.1 Å². The summed E-state index contributed by atoms with van der Waals surface area (Å²) in [5.74, 6) is 2.47. The molecule has 0 aliphatic heterocycles. The Balaban J connectivity index is 1.45. The highest BCUT2D eigenvalue weighted by molar-refractivity contribution is 9.10. The summed E-state index contributed by atoms with van der Waals surface area (Å²) in [4.78, 5) is 12.9. The van der Waals surface area contributed by atoms with Gasteiger partial charge in [-0.05, 0) is 67.6 Å². The van der Waals surface area contributed by atoms with E-state index < -0.39 is 0 Å². The number of carbonyl (C=O) groups is 1. The van der Waals surface area contributed by atoms with Crippen LogP contribution in [0.2, 0.25) is 0 Å². The van der Waals surface area contributed by atoms with Crippen LogP contribution in [0.1, 0.15) is 50.5 Å². The van der Waals surface area contributed by atoms with Crippen molar-refractivity contribution >= 4 is 28.1 Å². The standard InChI is InChI=1S/C19H23BrN2O/c20-17-5-3-13(4-6-17)12-21-22-18(23)19-9-14-1-2-15(10-19)8-16(7-14)11-19/h3-6,12,14-16H,1-2,7-11H2,(H,22,23)/b21-12+. The number of carbonyl (C=O) groups excluding carboxylic acids is 1. The Hall–Kier alpha value is -1.16. The van der Waals surface area contributed by atoms with Crippen LogP contribution in [-0.2, 0) is 4.79 Å². The number of amides is 1. The van der Waals surface area contributed by atoms with Crippen molar-refractivity contribution in [1.82, 2.24) is 5.43 Å². The Morgan fingerprint density at radius 2 is 1.70 bits per heavy atom. The second kappa shape index (κ2) is 6.04. The first-order chi connectivity index (χ1) is 11.1. The number of rotatable bonds is 3. The van der Waals surface area contributed by atoms with Gasteiger partial charge in [0, 0.05) is 4.47 Å². The van der Waals surface area contributed by atoms with Gasteiger partial charge in [0.25, 0.3) is 0 Å². The van der Waals surface area contributed by atoms with Gasteiger partial charge < -0.3 is 0 Å². The minimum Gasteiger partial charge on any atom is -0.273 e. The van der Waals surface area contributed by atoms with Gasteiger partial charge in [-0.15, -0.1) is 0 Å². The van der Waals surface area contributed by atoms with E-state index >= 15 is 0 Å². The molecule has 0 radical (unpaired) electrons. The van der Waals surface area contributed by atoms with Gasteiger partial charge in [0.05, 0.1) is 11.6 Å². The third-order valence-electron chi connectivity index (χ3n) is 6.09. The predicted molar refractivity (Wildman–Crippen MR) is 95.1 cm³/mol. The fraction of sp³-hybridized carbons (Fsp3) is 0.579. The fourth-order valence-corrected chi connectivity index (χ4v) is 5.57. The van der Waals surface area contributed by atoms with Crippen LogP contribution >= 0.6 is 15.9 Å². The van der Waals surface area contributed by atoms with Gasteiger partial charge in [0.2, 0.25) is 5.91 Å². The zero-order valence-electron chi connectivity index (χ0n) is 13.3. The van der Waals surface area contributed by atoms with E-state index in [1.165, 1.54) is 25.7 Å². The number of nitrogens with one attached hydrogen (secondary N) is 1. The van der Waals surface area contributed by atoms with Gasteiger partial charge in [-0.3, -0.25) is 4.79 Å². The maximum atomic E-state index is 12.9. The number of fused-ring (bicyclic) bond motifs is 1. The molecule has 2 atom stereocenters. The van der Waals surface area contributed by atoms with E-state index in [1.807, 2.05) is 24.3 Å². The molecule has 4 bridgehead atoms. The number of hydrogen-bond donors (Lipinski definition) is 1. The van der Waals surface area contributed by atoms with Gasteiger partial charge in [-0.2, -0.15) is 5.10 Å². The van der Waals surface area contributed by atoms with Crippen LogP contribution in [0, 0.1) is 23.2 Å². The van der Waals surface area contributed by atoms with Gasteiger partial charge in [-0.25, -0.2) is 5.43 Å². The Bertz CT molecular complexity index is 609. The number of hydrogen-bond acceptors (Lipinski definition) is 2. The summed E-state index contributed by atoms with van der Waals surface area (Å²) in [6.07, 6.45) is 10.4. The van der Waals surface area contributed by atoms with Gasteiger partial charge in [-0.1, -0.05) is 40.9 Å². The van der Waals surface area contributed by atoms with Crippen molar-refractivity contribution in [3.63, 3.8) is 0 Å². The highest BCUT2D eigenvalue weighted by Gasteiger charge is 2.52. The Morgan fingerprint density at radius 3 is 2.35 bits per heavy atom. The van der Waals surface area contributed by atoms with Crippen molar-refractivity contribution in [1.29, 1.82) is 0 Å². The second-order valence-electron chi connectivity index (χ2n) is 7.79. The Morgan fingerprint density at radius 1 is 1.09 bits per heavy atom. The van der Waals surface area contributed by atoms with Crippen molar-refractivity contribution < 1.29 is 4.79 Å². The quantitative estimate of drug-likeness (QED) is 0.613. The lowest BCUT2D eigenvalue weighted by Crippen LogP contribution is -2.47. The monoisotopic (exact) mass is 374 g/mol. The van der Waals surface area contributed by atoms with E-state index in [0.29, 0.717) is 0 Å². The summed E-state index contributed by atoms with van der Waals surface area (Å²) >= 11 is 3.42. The van der Waals surface area contributed by atoms with Crippen molar-refractivity contribution in [2.75, 3.05) is 0 Å². The molecule has 0 heterocycles. The average molecular weight is 375 g/mol. The predicted octanol–water partition coefficient (Wildman–Crippen LogP) is 4.51. The molecule has 5 rings (SSSR count). The number of halogens is 1. The van der Waals surface area contributed by atoms with Gasteiger partial charge in [0.1, 0.15) is 0 Å². The summed E-state index contributed by atoms with van der Waals surface area (Å²) in [6, 6.07) is 7.92. The molecule has 4 aliphatic rings. The topological polar surface area (TPSA) is 41.5 Å². The van der Waals surface area contributed by atoms with E-state index in [9.17, 15) is 4.79 Å². The fourth-order valence-electron chi connectivity index (χ4n) is 5.30. The molecule has 4 heteroatoms. The van der Waals surface area contributed by atoms with Crippen LogP contribution in [0.15, 0.2) is 33.8 Å². The second-order valence-corrected chi connectivity index (χ2v) is 8.71. The largest absolute Gasteiger partial charge is 0.273 e. The van der Waals surface area contributed by atoms with Crippen LogP contribution in [0.3, 0.4) is 0 Å². The molecule has 2 unspecified atom stereocenters. The zero-order valence-corrected chi connectivity index (χ0v) is 14.9. The maximum absolute atomic E-state index is 12.9. The van der Waals surface area contributed by atoms with Crippen molar-refractivity contribution in [3.8, 4) is 0 Å². The molecule has 1 aromatic rings. The van der Waals surface area contributed by atoms with Crippen LogP contribution in [0.25, 0.3) is 0 Å². The molecule has 1 amide bonds. The van der Waals surface area contributed by atoms with Crippen LogP contribution in [0.5, 0.6) is 0 Å². The molecular weight excluding hydrogens is 352 g/mol. The SMILES string of the molecule is O=C(N/N=C/c1ccc(Br)cc1)C12CC3CCC(CC(C3)C1)C2. The molecule has 0 aromatic heterocycles. The van der Waals surface area contributed by atoms with Crippen molar-refractivity contribution in [2.24, 2.45) is 28.3 Å². The van der Waals surface area contributed by atoms with Gasteiger partial charge in [0.15, 0.2) is 0 Å². The summed E-state index contributed by atoms with van der Waals surface area (Å²) in [6.45, 7) is 0. The minimum absolute atomic E-state index is 0.135. The third kappa shape index (κ3) is 3.10. The van der Waals surface area contributed by atoms with E-state index in [4.69, 9.17) is 0 Å². The van der Waals surface area contributed by atoms with E-state index in [1.54, 1.807) is 6.21 Å². The third-order valence-corrected chi connectivity index (χ3v) is 6.61. The Labute approximate surface area is 146 Å². The Kier molecular flexibility index (Phi) is 4.04. The molecule has 23 heavy (non-hydrogen) atoms. The first-order valence-corrected chi connectivity index (χ1v) is 9.51. The summed E-state index contributed by atoms with van der Waals surface area (Å²) in [7, 11) is 0. The first-order valence-electron chi connectivity index (χ1n) is 8.72. The molecule has 1 N–H and O–H groups in total. The average Bonchev–Trinajstić information content (AvgIpc) is 2.75. The minimum atomic E-state index is -0.135. The molecule has 4 aliphatic carbocycles. The highest BCUT2D eigenvalue weighted by Crippen LogP contribution is 2.57. The number of nitrogens with zero attached hydrogens (tertiary/aromatic N) is 1. The molecule has 4 saturated carbocycles. The van der Waals surface area contributed by atoms with E-state index in [-0.39, 0.29) is 11.3 Å². The van der Waals surface area contributed by atoms with E-state index in [2.05, 4.69) is 26.5 Å². The molecule has 3 nitrogen and oxygen atoms in total. The summed E-state index contributed by atoms with van der Waals surface area (Å²) in [5.41, 5.74) is 3.71. The molecule has 0 saturated heterocycles. The highest BCUT2D eigenvalue weighted by atomic mass is 79.9. The van der Waals surface area contributed by atoms with Crippen LogP contribution < -0.4 is 5.43 Å². The lowest BCUT2D eigenvalue weighted by atomic mass is 9.58. The molecule has 122 valence electrons. The lowest BCUT2D eigenvalue weighted by Gasteiger charge is -2.46. The van der Waals surface area contributed by atoms with Crippen molar-refractivity contribution in [3.05, 3.63) is 34.3 Å². The molecular formula is C19H23BrN2O. The van der Waals surface area contributed by atoms with Crippen LogP contribution in [0.4, 0.5) is 0 Å².